The number of carbonyl (C=O) groups excluding carboxylic acids is 1. The first-order valence-electron chi connectivity index (χ1n) is 8.74. The minimum absolute atomic E-state index is 0.0151. The van der Waals surface area contributed by atoms with Crippen molar-refractivity contribution >= 4 is 17.5 Å². The fourth-order valence-electron chi connectivity index (χ4n) is 3.35. The first-order valence-corrected chi connectivity index (χ1v) is 9.12. The number of fused-ring (bicyclic) bond motifs is 1. The molecule has 0 fully saturated rings. The van der Waals surface area contributed by atoms with Gasteiger partial charge in [0.2, 0.25) is 0 Å². The molecule has 3 rings (SSSR count). The second-order valence-electron chi connectivity index (χ2n) is 6.18. The molecule has 5 nitrogen and oxygen atoms in total. The molecule has 0 unspecified atom stereocenters. The molecular formula is C19H24ClN3O2. The number of halogens is 1. The van der Waals surface area contributed by atoms with Crippen molar-refractivity contribution < 1.29 is 9.53 Å². The van der Waals surface area contributed by atoms with Crippen LogP contribution in [-0.2, 0) is 6.54 Å². The molecule has 2 aromatic rings. The third kappa shape index (κ3) is 3.67. The predicted molar refractivity (Wildman–Crippen MR) is 99.1 cm³/mol. The average Bonchev–Trinajstić information content (AvgIpc) is 3.09. The second-order valence-corrected chi connectivity index (χ2v) is 6.62. The van der Waals surface area contributed by atoms with Crippen LogP contribution in [0.15, 0.2) is 36.5 Å². The molecule has 2 heterocycles. The zero-order chi connectivity index (χ0) is 17.8. The molecule has 1 aliphatic heterocycles. The van der Waals surface area contributed by atoms with Gasteiger partial charge in [-0.3, -0.25) is 4.79 Å². The molecule has 25 heavy (non-hydrogen) atoms. The Morgan fingerprint density at radius 3 is 2.96 bits per heavy atom. The molecule has 1 amide bonds. The number of aromatic nitrogens is 1. The lowest BCUT2D eigenvalue weighted by atomic mass is 10.0. The van der Waals surface area contributed by atoms with E-state index in [1.807, 2.05) is 11.0 Å². The van der Waals surface area contributed by atoms with Gasteiger partial charge in [-0.15, -0.1) is 0 Å². The Bertz CT molecular complexity index is 744. The molecule has 0 bridgehead atoms. The summed E-state index contributed by atoms with van der Waals surface area (Å²) in [5.41, 5.74) is 7.26. The summed E-state index contributed by atoms with van der Waals surface area (Å²) in [6.45, 7) is 4.61. The number of nitrogens with two attached hydrogens (primary N) is 1. The molecule has 6 heteroatoms. The van der Waals surface area contributed by atoms with Crippen molar-refractivity contribution in [1.29, 1.82) is 0 Å². The highest BCUT2D eigenvalue weighted by Crippen LogP contribution is 2.32. The van der Waals surface area contributed by atoms with Crippen molar-refractivity contribution in [2.24, 2.45) is 5.73 Å². The van der Waals surface area contributed by atoms with Crippen molar-refractivity contribution in [3.05, 3.63) is 52.8 Å². The van der Waals surface area contributed by atoms with Crippen molar-refractivity contribution in [3.8, 4) is 5.75 Å². The van der Waals surface area contributed by atoms with E-state index < -0.39 is 0 Å². The van der Waals surface area contributed by atoms with Crippen molar-refractivity contribution in [2.75, 3.05) is 19.7 Å². The average molecular weight is 362 g/mol. The van der Waals surface area contributed by atoms with Gasteiger partial charge in [0.1, 0.15) is 5.75 Å². The summed E-state index contributed by atoms with van der Waals surface area (Å²) in [5, 5.41) is 0.555. The number of nitrogens with zero attached hydrogens (tertiary/aromatic N) is 2. The van der Waals surface area contributed by atoms with Gasteiger partial charge in [0.25, 0.3) is 5.91 Å². The third-order valence-electron chi connectivity index (χ3n) is 4.59. The summed E-state index contributed by atoms with van der Waals surface area (Å²) in [5.74, 6) is 0.514. The standard InChI is InChI=1S/C19H24ClN3O2/c1-2-16-17-5-3-9-22(17)10-11-23(16)19(24)15-7-6-14(20)13-18(15)25-12-4-8-21/h3,5-7,9,13,16H,2,4,8,10-12,21H2,1H3/t16-/m0/s1. The van der Waals surface area contributed by atoms with E-state index >= 15 is 0 Å². The van der Waals surface area contributed by atoms with E-state index in [1.165, 1.54) is 5.69 Å². The van der Waals surface area contributed by atoms with E-state index in [4.69, 9.17) is 22.1 Å². The van der Waals surface area contributed by atoms with Gasteiger partial charge in [-0.25, -0.2) is 0 Å². The van der Waals surface area contributed by atoms with Gasteiger partial charge in [-0.1, -0.05) is 18.5 Å². The second kappa shape index (κ2) is 7.93. The number of ether oxygens (including phenoxy) is 1. The van der Waals surface area contributed by atoms with Gasteiger partial charge in [0.15, 0.2) is 0 Å². The number of rotatable bonds is 6. The minimum atomic E-state index is -0.0151. The van der Waals surface area contributed by atoms with E-state index in [1.54, 1.807) is 18.2 Å². The highest BCUT2D eigenvalue weighted by molar-refractivity contribution is 6.30. The van der Waals surface area contributed by atoms with Gasteiger partial charge in [-0.2, -0.15) is 0 Å². The summed E-state index contributed by atoms with van der Waals surface area (Å²) in [6.07, 6.45) is 3.67. The van der Waals surface area contributed by atoms with Crippen LogP contribution in [-0.4, -0.2) is 35.1 Å². The number of carbonyl (C=O) groups is 1. The van der Waals surface area contributed by atoms with Crippen molar-refractivity contribution in [3.63, 3.8) is 0 Å². The normalized spacial score (nSPS) is 16.6. The Balaban J connectivity index is 1.87. The molecule has 1 aromatic carbocycles. The van der Waals surface area contributed by atoms with Crippen LogP contribution in [0.2, 0.25) is 5.02 Å². The lowest BCUT2D eigenvalue weighted by Gasteiger charge is -2.37. The summed E-state index contributed by atoms with van der Waals surface area (Å²) < 4.78 is 8.00. The smallest absolute Gasteiger partial charge is 0.258 e. The summed E-state index contributed by atoms with van der Waals surface area (Å²) in [4.78, 5) is 15.2. The van der Waals surface area contributed by atoms with Crippen LogP contribution in [0.3, 0.4) is 0 Å². The van der Waals surface area contributed by atoms with E-state index in [9.17, 15) is 4.79 Å². The van der Waals surface area contributed by atoms with Crippen molar-refractivity contribution in [2.45, 2.75) is 32.4 Å². The summed E-state index contributed by atoms with van der Waals surface area (Å²) in [7, 11) is 0. The Hall–Kier alpha value is -1.98. The van der Waals surface area contributed by atoms with Crippen LogP contribution < -0.4 is 10.5 Å². The fourth-order valence-corrected chi connectivity index (χ4v) is 3.51. The highest BCUT2D eigenvalue weighted by Gasteiger charge is 2.31. The monoisotopic (exact) mass is 361 g/mol. The number of benzene rings is 1. The van der Waals surface area contributed by atoms with Crippen LogP contribution in [0.25, 0.3) is 0 Å². The highest BCUT2D eigenvalue weighted by atomic mass is 35.5. The molecular weight excluding hydrogens is 338 g/mol. The van der Waals surface area contributed by atoms with Crippen LogP contribution >= 0.6 is 11.6 Å². The Morgan fingerprint density at radius 2 is 2.20 bits per heavy atom. The Morgan fingerprint density at radius 1 is 1.36 bits per heavy atom. The first kappa shape index (κ1) is 17.8. The van der Waals surface area contributed by atoms with Gasteiger partial charge < -0.3 is 19.9 Å². The molecule has 0 radical (unpaired) electrons. The summed E-state index contributed by atoms with van der Waals surface area (Å²) >= 11 is 6.10. The quantitative estimate of drug-likeness (QED) is 0.801. The molecule has 1 aliphatic rings. The molecule has 0 saturated carbocycles. The van der Waals surface area contributed by atoms with E-state index in [2.05, 4.69) is 23.8 Å². The number of hydrogen-bond donors (Lipinski definition) is 1. The minimum Gasteiger partial charge on any atom is -0.493 e. The zero-order valence-corrected chi connectivity index (χ0v) is 15.2. The largest absolute Gasteiger partial charge is 0.493 e. The molecule has 134 valence electrons. The summed E-state index contributed by atoms with van der Waals surface area (Å²) in [6, 6.07) is 9.40. The zero-order valence-electron chi connectivity index (χ0n) is 14.5. The van der Waals surface area contributed by atoms with E-state index in [0.29, 0.717) is 36.0 Å². The van der Waals surface area contributed by atoms with Crippen LogP contribution in [0, 0.1) is 0 Å². The molecule has 2 N–H and O–H groups in total. The number of amides is 1. The van der Waals surface area contributed by atoms with Gasteiger partial charge in [0, 0.05) is 30.0 Å². The number of hydrogen-bond acceptors (Lipinski definition) is 3. The molecule has 0 spiro atoms. The van der Waals surface area contributed by atoms with Crippen LogP contribution in [0.4, 0.5) is 0 Å². The third-order valence-corrected chi connectivity index (χ3v) is 4.83. The SMILES string of the molecule is CC[C@H]1c2cccn2CCN1C(=O)c1ccc(Cl)cc1OCCCN. The van der Waals surface area contributed by atoms with Gasteiger partial charge in [0.05, 0.1) is 18.2 Å². The first-order chi connectivity index (χ1) is 12.2. The maximum Gasteiger partial charge on any atom is 0.258 e. The lowest BCUT2D eigenvalue weighted by Crippen LogP contribution is -2.41. The van der Waals surface area contributed by atoms with Gasteiger partial charge >= 0.3 is 0 Å². The molecule has 1 atom stereocenters. The van der Waals surface area contributed by atoms with Crippen LogP contribution in [0.1, 0.15) is 41.9 Å². The maximum absolute atomic E-state index is 13.2. The Labute approximate surface area is 153 Å². The lowest BCUT2D eigenvalue weighted by molar-refractivity contribution is 0.0613. The topological polar surface area (TPSA) is 60.5 Å². The van der Waals surface area contributed by atoms with E-state index in [-0.39, 0.29) is 11.9 Å². The molecule has 0 aliphatic carbocycles. The van der Waals surface area contributed by atoms with Gasteiger partial charge in [-0.05, 0) is 49.7 Å². The maximum atomic E-state index is 13.2. The fraction of sp³-hybridized carbons (Fsp3) is 0.421. The predicted octanol–water partition coefficient (Wildman–Crippen LogP) is 3.48. The van der Waals surface area contributed by atoms with E-state index in [0.717, 1.165) is 19.4 Å². The molecule has 0 saturated heterocycles. The van der Waals surface area contributed by atoms with Crippen LogP contribution in [0.5, 0.6) is 5.75 Å². The van der Waals surface area contributed by atoms with Crippen molar-refractivity contribution in [1.82, 2.24) is 9.47 Å². The molecule has 1 aromatic heterocycles. The Kier molecular flexibility index (Phi) is 5.66.